The molecule has 38 heavy (non-hydrogen) atoms. The molecule has 3 rings (SSSR count). The minimum Gasteiger partial charge on any atom is -0.390 e. The van der Waals surface area contributed by atoms with Crippen molar-refractivity contribution in [2.24, 2.45) is 0 Å². The molecule has 3 N–H and O–H groups in total. The van der Waals surface area contributed by atoms with Crippen molar-refractivity contribution in [3.8, 4) is 0 Å². The van der Waals surface area contributed by atoms with Crippen LogP contribution in [-0.4, -0.2) is 29.7 Å². The van der Waals surface area contributed by atoms with Crippen LogP contribution in [0.4, 0.5) is 8.78 Å². The summed E-state index contributed by atoms with van der Waals surface area (Å²) in [6.07, 6.45) is 9.16. The molecule has 2 aromatic carbocycles. The fourth-order valence-corrected chi connectivity index (χ4v) is 5.34. The number of carbonyl (C=O) groups is 1. The molecule has 1 aliphatic rings. The molecule has 1 fully saturated rings. The van der Waals surface area contributed by atoms with Crippen LogP contribution in [-0.2, 0) is 22.2 Å². The van der Waals surface area contributed by atoms with Gasteiger partial charge in [0.25, 0.3) is 0 Å². The molecule has 1 amide bonds. The van der Waals surface area contributed by atoms with Crippen LogP contribution in [0.5, 0.6) is 0 Å². The Morgan fingerprint density at radius 3 is 2.37 bits per heavy atom. The number of aliphatic hydroxyl groups excluding tert-OH is 1. The molecular formula is C32H44F2N2O2. The van der Waals surface area contributed by atoms with Crippen LogP contribution in [0.3, 0.4) is 0 Å². The fraction of sp³-hybridized carbons (Fsp3) is 0.531. The van der Waals surface area contributed by atoms with E-state index in [1.54, 1.807) is 6.08 Å². The van der Waals surface area contributed by atoms with Gasteiger partial charge in [0.15, 0.2) is 0 Å². The lowest BCUT2D eigenvalue weighted by molar-refractivity contribution is -0.121. The van der Waals surface area contributed by atoms with Crippen LogP contribution in [0.25, 0.3) is 0 Å². The fourth-order valence-electron chi connectivity index (χ4n) is 5.34. The summed E-state index contributed by atoms with van der Waals surface area (Å²) >= 11 is 0. The lowest BCUT2D eigenvalue weighted by atomic mass is 9.74. The number of benzene rings is 2. The zero-order valence-electron chi connectivity index (χ0n) is 23.3. The number of halogens is 2. The van der Waals surface area contributed by atoms with Gasteiger partial charge < -0.3 is 15.7 Å². The minimum atomic E-state index is -0.954. The number of hydrogen-bond acceptors (Lipinski definition) is 3. The molecule has 6 heteroatoms. The van der Waals surface area contributed by atoms with Gasteiger partial charge in [0, 0.05) is 24.6 Å². The number of rotatable bonds is 11. The average molecular weight is 527 g/mol. The van der Waals surface area contributed by atoms with Gasteiger partial charge in [-0.2, -0.15) is 0 Å². The summed E-state index contributed by atoms with van der Waals surface area (Å²) in [6, 6.07) is 11.3. The quantitative estimate of drug-likeness (QED) is 0.295. The van der Waals surface area contributed by atoms with E-state index in [0.29, 0.717) is 5.56 Å². The third kappa shape index (κ3) is 8.47. The van der Waals surface area contributed by atoms with Crippen molar-refractivity contribution < 1.29 is 18.7 Å². The Labute approximate surface area is 226 Å². The highest BCUT2D eigenvalue weighted by atomic mass is 19.1. The van der Waals surface area contributed by atoms with Crippen molar-refractivity contribution in [1.82, 2.24) is 10.6 Å². The van der Waals surface area contributed by atoms with E-state index in [0.717, 1.165) is 38.2 Å². The van der Waals surface area contributed by atoms with E-state index in [4.69, 9.17) is 0 Å². The first-order valence-electron chi connectivity index (χ1n) is 14.0. The zero-order valence-corrected chi connectivity index (χ0v) is 23.3. The van der Waals surface area contributed by atoms with Crippen molar-refractivity contribution in [3.05, 3.63) is 82.9 Å². The first kappa shape index (κ1) is 30.0. The van der Waals surface area contributed by atoms with E-state index in [-0.39, 0.29) is 36.2 Å². The van der Waals surface area contributed by atoms with E-state index in [1.807, 2.05) is 13.0 Å². The highest BCUT2D eigenvalue weighted by Gasteiger charge is 2.35. The molecule has 0 spiro atoms. The predicted molar refractivity (Wildman–Crippen MR) is 150 cm³/mol. The molecule has 0 aliphatic heterocycles. The highest BCUT2D eigenvalue weighted by Crippen LogP contribution is 2.38. The Morgan fingerprint density at radius 2 is 1.74 bits per heavy atom. The van der Waals surface area contributed by atoms with Crippen LogP contribution in [0.15, 0.2) is 54.6 Å². The largest absolute Gasteiger partial charge is 0.390 e. The van der Waals surface area contributed by atoms with Crippen LogP contribution in [0.1, 0.15) is 89.3 Å². The molecule has 1 aliphatic carbocycles. The second-order valence-electron chi connectivity index (χ2n) is 11.7. The summed E-state index contributed by atoms with van der Waals surface area (Å²) in [5.74, 6) is -1.59. The van der Waals surface area contributed by atoms with Crippen LogP contribution >= 0.6 is 0 Å². The third-order valence-corrected chi connectivity index (χ3v) is 7.53. The lowest BCUT2D eigenvalue weighted by Gasteiger charge is -2.41. The summed E-state index contributed by atoms with van der Waals surface area (Å²) in [4.78, 5) is 12.6. The molecule has 0 bridgehead atoms. The highest BCUT2D eigenvalue weighted by molar-refractivity contribution is 5.77. The molecule has 0 radical (unpaired) electrons. The molecule has 1 saturated carbocycles. The first-order valence-corrected chi connectivity index (χ1v) is 14.0. The Hall–Kier alpha value is -2.57. The maximum Gasteiger partial charge on any atom is 0.224 e. The van der Waals surface area contributed by atoms with Crippen molar-refractivity contribution >= 4 is 5.91 Å². The SMILES string of the molecule is CC/C=C/CC(=O)NC(Cc1cc(F)cc(F)c1)C(O)CNC1(c2cccc(C(C)(C)C)c2)CCCCC1. The number of amides is 1. The van der Waals surface area contributed by atoms with E-state index >= 15 is 0 Å². The van der Waals surface area contributed by atoms with Crippen LogP contribution in [0, 0.1) is 11.6 Å². The molecule has 208 valence electrons. The van der Waals surface area contributed by atoms with Gasteiger partial charge in [-0.05, 0) is 59.9 Å². The first-order chi connectivity index (χ1) is 18.0. The zero-order chi connectivity index (χ0) is 27.8. The second kappa shape index (κ2) is 13.5. The molecule has 0 saturated heterocycles. The maximum absolute atomic E-state index is 13.9. The van der Waals surface area contributed by atoms with E-state index < -0.39 is 23.8 Å². The van der Waals surface area contributed by atoms with Gasteiger partial charge in [-0.15, -0.1) is 0 Å². The Morgan fingerprint density at radius 1 is 1.05 bits per heavy atom. The van der Waals surface area contributed by atoms with Crippen molar-refractivity contribution in [3.63, 3.8) is 0 Å². The number of allylic oxidation sites excluding steroid dienone is 1. The number of nitrogens with one attached hydrogen (secondary N) is 2. The summed E-state index contributed by atoms with van der Waals surface area (Å²) in [5.41, 5.74) is 2.62. The standard InChI is InChI=1S/C32H44F2N2O2/c1-5-6-8-14-30(38)36-28(19-23-17-26(33)21-27(34)18-23)29(37)22-35-32(15-9-7-10-16-32)25-13-11-12-24(20-25)31(2,3)4/h6,8,11-13,17-18,20-21,28-29,35,37H,5,7,9-10,14-16,19,22H2,1-4H3,(H,36,38)/b8-6+. The van der Waals surface area contributed by atoms with Gasteiger partial charge in [-0.25, -0.2) is 8.78 Å². The van der Waals surface area contributed by atoms with Gasteiger partial charge in [0.2, 0.25) is 5.91 Å². The summed E-state index contributed by atoms with van der Waals surface area (Å²) < 4.78 is 27.8. The smallest absolute Gasteiger partial charge is 0.224 e. The van der Waals surface area contributed by atoms with Gasteiger partial charge >= 0.3 is 0 Å². The van der Waals surface area contributed by atoms with E-state index in [2.05, 4.69) is 55.7 Å². The Balaban J connectivity index is 1.82. The van der Waals surface area contributed by atoms with Gasteiger partial charge in [-0.3, -0.25) is 4.79 Å². The average Bonchev–Trinajstić information content (AvgIpc) is 2.86. The molecule has 0 aromatic heterocycles. The van der Waals surface area contributed by atoms with Crippen molar-refractivity contribution in [1.29, 1.82) is 0 Å². The number of carbonyl (C=O) groups excluding carboxylic acids is 1. The van der Waals surface area contributed by atoms with Crippen LogP contribution in [0.2, 0.25) is 0 Å². The molecule has 4 nitrogen and oxygen atoms in total. The van der Waals surface area contributed by atoms with E-state index in [1.165, 1.54) is 29.7 Å². The third-order valence-electron chi connectivity index (χ3n) is 7.53. The molecule has 0 heterocycles. The summed E-state index contributed by atoms with van der Waals surface area (Å²) in [6.45, 7) is 8.84. The van der Waals surface area contributed by atoms with E-state index in [9.17, 15) is 18.7 Å². The molecular weight excluding hydrogens is 482 g/mol. The molecule has 2 aromatic rings. The number of aliphatic hydroxyl groups is 1. The normalized spacial score (nSPS) is 17.3. The number of hydrogen-bond donors (Lipinski definition) is 3. The van der Waals surface area contributed by atoms with Gasteiger partial charge in [-0.1, -0.05) is 83.4 Å². The van der Waals surface area contributed by atoms with Gasteiger partial charge in [0.05, 0.1) is 12.1 Å². The summed E-state index contributed by atoms with van der Waals surface area (Å²) in [5, 5.41) is 17.9. The van der Waals surface area contributed by atoms with Crippen molar-refractivity contribution in [2.75, 3.05) is 6.54 Å². The topological polar surface area (TPSA) is 61.4 Å². The predicted octanol–water partition coefficient (Wildman–Crippen LogP) is 6.46. The summed E-state index contributed by atoms with van der Waals surface area (Å²) in [7, 11) is 0. The Kier molecular flexibility index (Phi) is 10.6. The lowest BCUT2D eigenvalue weighted by Crippen LogP contribution is -2.53. The monoisotopic (exact) mass is 526 g/mol. The second-order valence-corrected chi connectivity index (χ2v) is 11.7. The Bertz CT molecular complexity index is 1070. The maximum atomic E-state index is 13.9. The molecule has 2 atom stereocenters. The minimum absolute atomic E-state index is 0.0210. The van der Waals surface area contributed by atoms with Crippen LogP contribution < -0.4 is 10.6 Å². The van der Waals surface area contributed by atoms with Crippen molar-refractivity contribution in [2.45, 2.75) is 102 Å². The molecule has 2 unspecified atom stereocenters. The van der Waals surface area contributed by atoms with Gasteiger partial charge in [0.1, 0.15) is 11.6 Å².